The van der Waals surface area contributed by atoms with E-state index in [1.165, 1.54) is 0 Å². The van der Waals surface area contributed by atoms with E-state index in [9.17, 15) is 4.79 Å². The lowest BCUT2D eigenvalue weighted by Gasteiger charge is -2.14. The molecule has 7 heteroatoms. The number of nitrogens with zero attached hydrogens (tertiary/aromatic N) is 1. The van der Waals surface area contributed by atoms with Crippen LogP contribution < -0.4 is 20.7 Å². The van der Waals surface area contributed by atoms with Crippen LogP contribution in [0, 0.1) is 6.92 Å². The molecule has 2 rings (SSSR count). The number of rotatable bonds is 7. The van der Waals surface area contributed by atoms with Gasteiger partial charge in [0.25, 0.3) is 5.91 Å². The lowest BCUT2D eigenvalue weighted by Crippen LogP contribution is -2.36. The monoisotopic (exact) mass is 496 g/mol. The van der Waals surface area contributed by atoms with Crippen LogP contribution >= 0.6 is 24.0 Å². The van der Waals surface area contributed by atoms with E-state index in [4.69, 9.17) is 4.74 Å². The number of aryl methyl sites for hydroxylation is 1. The summed E-state index contributed by atoms with van der Waals surface area (Å²) < 4.78 is 5.45. The Hall–Kier alpha value is -2.29. The molecule has 28 heavy (non-hydrogen) atoms. The average Bonchev–Trinajstić information content (AvgIpc) is 2.70. The zero-order chi connectivity index (χ0) is 19.6. The topological polar surface area (TPSA) is 74.8 Å². The van der Waals surface area contributed by atoms with Gasteiger partial charge in [0.1, 0.15) is 5.75 Å². The number of aliphatic imine (C=N–C) groups is 1. The van der Waals surface area contributed by atoms with Crippen LogP contribution in [0.1, 0.15) is 34.0 Å². The van der Waals surface area contributed by atoms with Crippen LogP contribution in [0.25, 0.3) is 0 Å². The van der Waals surface area contributed by atoms with Gasteiger partial charge in [-0.2, -0.15) is 0 Å². The predicted molar refractivity (Wildman–Crippen MR) is 125 cm³/mol. The molecule has 0 bridgehead atoms. The zero-order valence-corrected chi connectivity index (χ0v) is 19.2. The molecule has 0 spiro atoms. The molecular weight excluding hydrogens is 467 g/mol. The number of nitrogens with one attached hydrogen (secondary N) is 3. The number of ether oxygens (including phenoxy) is 1. The molecule has 0 heterocycles. The number of hydrogen-bond donors (Lipinski definition) is 3. The van der Waals surface area contributed by atoms with E-state index < -0.39 is 0 Å². The second kappa shape index (κ2) is 12.2. The molecule has 0 atom stereocenters. The number of carbonyl (C=O) groups is 1. The maximum atomic E-state index is 11.6. The van der Waals surface area contributed by atoms with E-state index in [1.807, 2.05) is 32.0 Å². The molecule has 0 aliphatic carbocycles. The van der Waals surface area contributed by atoms with Crippen molar-refractivity contribution in [3.05, 3.63) is 64.7 Å². The van der Waals surface area contributed by atoms with Gasteiger partial charge in [0.2, 0.25) is 0 Å². The molecule has 1 amide bonds. The summed E-state index contributed by atoms with van der Waals surface area (Å²) in [6.45, 7) is 5.98. The Bertz CT molecular complexity index is 791. The minimum atomic E-state index is -0.0906. The summed E-state index contributed by atoms with van der Waals surface area (Å²) in [7, 11) is 3.30. The molecule has 2 aromatic rings. The van der Waals surface area contributed by atoms with Crippen molar-refractivity contribution in [2.45, 2.75) is 26.9 Å². The number of amides is 1. The van der Waals surface area contributed by atoms with Crippen LogP contribution in [0.5, 0.6) is 5.75 Å². The molecule has 152 valence electrons. The van der Waals surface area contributed by atoms with Crippen molar-refractivity contribution in [1.82, 2.24) is 16.0 Å². The van der Waals surface area contributed by atoms with E-state index in [-0.39, 0.29) is 29.9 Å². The van der Waals surface area contributed by atoms with Crippen LogP contribution in [-0.4, -0.2) is 32.6 Å². The molecule has 0 unspecified atom stereocenters. The maximum absolute atomic E-state index is 11.6. The van der Waals surface area contributed by atoms with Gasteiger partial charge >= 0.3 is 0 Å². The van der Waals surface area contributed by atoms with Gasteiger partial charge in [-0.25, -0.2) is 4.99 Å². The standard InChI is InChI=1S/C21H28N4O2.HI/c1-5-23-21(25-14-18-9-6-15(2)12-19(18)27-4)24-13-16-7-10-17(11-8-16)20(26)22-3;/h6-12H,5,13-14H2,1-4H3,(H,22,26)(H2,23,24,25);1H. The van der Waals surface area contributed by atoms with Crippen molar-refractivity contribution in [2.24, 2.45) is 4.99 Å². The average molecular weight is 496 g/mol. The van der Waals surface area contributed by atoms with Gasteiger partial charge in [0.15, 0.2) is 5.96 Å². The minimum Gasteiger partial charge on any atom is -0.496 e. The van der Waals surface area contributed by atoms with Crippen molar-refractivity contribution in [3.63, 3.8) is 0 Å². The van der Waals surface area contributed by atoms with Crippen LogP contribution in [0.4, 0.5) is 0 Å². The van der Waals surface area contributed by atoms with Gasteiger partial charge in [-0.3, -0.25) is 4.79 Å². The first kappa shape index (κ1) is 23.7. The molecule has 0 fully saturated rings. The van der Waals surface area contributed by atoms with Gasteiger partial charge in [-0.05, 0) is 43.2 Å². The van der Waals surface area contributed by atoms with Crippen LogP contribution in [-0.2, 0) is 13.1 Å². The van der Waals surface area contributed by atoms with E-state index in [0.717, 1.165) is 34.9 Å². The Balaban J connectivity index is 0.00000392. The molecule has 0 radical (unpaired) electrons. The highest BCUT2D eigenvalue weighted by atomic mass is 127. The van der Waals surface area contributed by atoms with E-state index >= 15 is 0 Å². The Kier molecular flexibility index (Phi) is 10.4. The molecular formula is C21H29IN4O2. The smallest absolute Gasteiger partial charge is 0.251 e. The number of methoxy groups -OCH3 is 1. The highest BCUT2D eigenvalue weighted by molar-refractivity contribution is 14.0. The van der Waals surface area contributed by atoms with Gasteiger partial charge in [0.05, 0.1) is 13.7 Å². The molecule has 0 aliphatic rings. The fraction of sp³-hybridized carbons (Fsp3) is 0.333. The highest BCUT2D eigenvalue weighted by Crippen LogP contribution is 2.19. The van der Waals surface area contributed by atoms with Gasteiger partial charge in [-0.15, -0.1) is 24.0 Å². The third-order valence-electron chi connectivity index (χ3n) is 4.10. The predicted octanol–water partition coefficient (Wildman–Crippen LogP) is 3.24. The van der Waals surface area contributed by atoms with Gasteiger partial charge in [0, 0.05) is 31.3 Å². The summed E-state index contributed by atoms with van der Waals surface area (Å²) in [5.74, 6) is 1.51. The van der Waals surface area contributed by atoms with Crippen LogP contribution in [0.2, 0.25) is 0 Å². The molecule has 0 saturated heterocycles. The number of benzene rings is 2. The number of guanidine groups is 1. The molecule has 6 nitrogen and oxygen atoms in total. The lowest BCUT2D eigenvalue weighted by atomic mass is 10.1. The summed E-state index contributed by atoms with van der Waals surface area (Å²) >= 11 is 0. The van der Waals surface area contributed by atoms with Crippen molar-refractivity contribution in [1.29, 1.82) is 0 Å². The van der Waals surface area contributed by atoms with Crippen LogP contribution in [0.15, 0.2) is 47.5 Å². The first-order valence-electron chi connectivity index (χ1n) is 9.04. The Morgan fingerprint density at radius 2 is 1.82 bits per heavy atom. The van der Waals surface area contributed by atoms with E-state index in [2.05, 4.69) is 33.1 Å². The normalized spacial score (nSPS) is 10.6. The van der Waals surface area contributed by atoms with Gasteiger partial charge < -0.3 is 20.7 Å². The third-order valence-corrected chi connectivity index (χ3v) is 4.10. The summed E-state index contributed by atoms with van der Waals surface area (Å²) in [5.41, 5.74) is 3.91. The fourth-order valence-corrected chi connectivity index (χ4v) is 2.59. The molecule has 0 aliphatic heterocycles. The fourth-order valence-electron chi connectivity index (χ4n) is 2.59. The zero-order valence-electron chi connectivity index (χ0n) is 16.8. The Morgan fingerprint density at radius 3 is 2.43 bits per heavy atom. The SMILES string of the molecule is CCNC(=NCc1ccc(C(=O)NC)cc1)NCc1ccc(C)cc1OC.I. The van der Waals surface area contributed by atoms with Crippen molar-refractivity contribution in [3.8, 4) is 5.75 Å². The summed E-state index contributed by atoms with van der Waals surface area (Å²) in [6, 6.07) is 13.6. The number of carbonyl (C=O) groups excluding carboxylic acids is 1. The largest absolute Gasteiger partial charge is 0.496 e. The van der Waals surface area contributed by atoms with E-state index in [1.54, 1.807) is 26.3 Å². The first-order chi connectivity index (χ1) is 13.1. The van der Waals surface area contributed by atoms with Crippen molar-refractivity contribution >= 4 is 35.8 Å². The van der Waals surface area contributed by atoms with Crippen molar-refractivity contribution < 1.29 is 9.53 Å². The first-order valence-corrected chi connectivity index (χ1v) is 9.04. The van der Waals surface area contributed by atoms with E-state index in [0.29, 0.717) is 18.7 Å². The second-order valence-electron chi connectivity index (χ2n) is 6.14. The quantitative estimate of drug-likeness (QED) is 0.313. The Labute approximate surface area is 184 Å². The second-order valence-corrected chi connectivity index (χ2v) is 6.14. The van der Waals surface area contributed by atoms with Gasteiger partial charge in [-0.1, -0.05) is 24.3 Å². The van der Waals surface area contributed by atoms with Crippen LogP contribution in [0.3, 0.4) is 0 Å². The molecule has 0 aromatic heterocycles. The number of halogens is 1. The highest BCUT2D eigenvalue weighted by Gasteiger charge is 2.05. The lowest BCUT2D eigenvalue weighted by molar-refractivity contribution is 0.0963. The van der Waals surface area contributed by atoms with Crippen molar-refractivity contribution in [2.75, 3.05) is 20.7 Å². The number of hydrogen-bond acceptors (Lipinski definition) is 3. The molecule has 0 saturated carbocycles. The molecule has 2 aromatic carbocycles. The maximum Gasteiger partial charge on any atom is 0.251 e. The Morgan fingerprint density at radius 1 is 1.11 bits per heavy atom. The summed E-state index contributed by atoms with van der Waals surface area (Å²) in [4.78, 5) is 16.2. The minimum absolute atomic E-state index is 0. The summed E-state index contributed by atoms with van der Waals surface area (Å²) in [6.07, 6.45) is 0. The third kappa shape index (κ3) is 7.03. The molecule has 3 N–H and O–H groups in total. The summed E-state index contributed by atoms with van der Waals surface area (Å²) in [5, 5.41) is 9.20.